The standard InChI is InChI=1S/C14H24N2O2/c1-13(2,3)16-10-7-11(17)15-14(12(16)18)8-5-4-6-9-14/h4-10H2,1-3H3,(H,15,17). The Bertz CT molecular complexity index is 351. The molecular formula is C14H24N2O2. The normalized spacial score (nSPS) is 24.9. The van der Waals surface area contributed by atoms with Crippen LogP contribution in [0.3, 0.4) is 0 Å². The Balaban J connectivity index is 2.32. The number of nitrogens with one attached hydrogen (secondary N) is 1. The summed E-state index contributed by atoms with van der Waals surface area (Å²) in [6.45, 7) is 6.65. The van der Waals surface area contributed by atoms with Gasteiger partial charge in [-0.1, -0.05) is 19.3 Å². The van der Waals surface area contributed by atoms with Crippen LogP contribution in [0.15, 0.2) is 0 Å². The molecule has 102 valence electrons. The van der Waals surface area contributed by atoms with Gasteiger partial charge >= 0.3 is 0 Å². The first-order valence-electron chi connectivity index (χ1n) is 6.98. The molecule has 2 rings (SSSR count). The second kappa shape index (κ2) is 4.56. The Labute approximate surface area is 109 Å². The maximum atomic E-state index is 12.8. The molecule has 0 atom stereocenters. The van der Waals surface area contributed by atoms with Crippen molar-refractivity contribution in [2.75, 3.05) is 6.54 Å². The van der Waals surface area contributed by atoms with Gasteiger partial charge in [0.05, 0.1) is 0 Å². The molecule has 0 aromatic heterocycles. The second-order valence-corrected chi connectivity index (χ2v) is 6.57. The number of hydrogen-bond acceptors (Lipinski definition) is 2. The molecule has 0 unspecified atom stereocenters. The first-order chi connectivity index (χ1) is 8.35. The summed E-state index contributed by atoms with van der Waals surface area (Å²) in [6.07, 6.45) is 5.24. The number of carbonyl (C=O) groups is 2. The molecule has 2 fully saturated rings. The van der Waals surface area contributed by atoms with Gasteiger partial charge in [0.2, 0.25) is 11.8 Å². The molecule has 4 nitrogen and oxygen atoms in total. The lowest BCUT2D eigenvalue weighted by molar-refractivity contribution is -0.144. The SMILES string of the molecule is CC(C)(C)N1CCC(=O)NC2(CCCCC2)C1=O. The fraction of sp³-hybridized carbons (Fsp3) is 0.857. The Morgan fingerprint density at radius 3 is 2.28 bits per heavy atom. The van der Waals surface area contributed by atoms with Gasteiger partial charge < -0.3 is 10.2 Å². The number of carbonyl (C=O) groups excluding carboxylic acids is 2. The highest BCUT2D eigenvalue weighted by atomic mass is 16.2. The molecule has 1 saturated carbocycles. The summed E-state index contributed by atoms with van der Waals surface area (Å²) in [5.74, 6) is 0.151. The van der Waals surface area contributed by atoms with Crippen LogP contribution in [0.1, 0.15) is 59.3 Å². The lowest BCUT2D eigenvalue weighted by atomic mass is 9.80. The van der Waals surface area contributed by atoms with Crippen molar-refractivity contribution in [2.45, 2.75) is 70.4 Å². The highest BCUT2D eigenvalue weighted by molar-refractivity contribution is 5.94. The summed E-state index contributed by atoms with van der Waals surface area (Å²) in [6, 6.07) is 0. The van der Waals surface area contributed by atoms with E-state index < -0.39 is 5.54 Å². The number of amides is 2. The van der Waals surface area contributed by atoms with E-state index in [-0.39, 0.29) is 17.4 Å². The van der Waals surface area contributed by atoms with E-state index >= 15 is 0 Å². The van der Waals surface area contributed by atoms with E-state index in [1.165, 1.54) is 6.42 Å². The van der Waals surface area contributed by atoms with E-state index in [1.54, 1.807) is 0 Å². The van der Waals surface area contributed by atoms with E-state index in [4.69, 9.17) is 0 Å². The zero-order valence-corrected chi connectivity index (χ0v) is 11.7. The lowest BCUT2D eigenvalue weighted by Gasteiger charge is -2.42. The van der Waals surface area contributed by atoms with Gasteiger partial charge in [-0.25, -0.2) is 0 Å². The monoisotopic (exact) mass is 252 g/mol. The third kappa shape index (κ3) is 2.38. The number of nitrogens with zero attached hydrogens (tertiary/aromatic N) is 1. The summed E-state index contributed by atoms with van der Waals surface area (Å²) in [7, 11) is 0. The zero-order valence-electron chi connectivity index (χ0n) is 11.7. The fourth-order valence-electron chi connectivity index (χ4n) is 3.09. The second-order valence-electron chi connectivity index (χ2n) is 6.57. The van der Waals surface area contributed by atoms with Crippen molar-refractivity contribution in [3.05, 3.63) is 0 Å². The Kier molecular flexibility index (Phi) is 3.39. The van der Waals surface area contributed by atoms with Crippen molar-refractivity contribution < 1.29 is 9.59 Å². The largest absolute Gasteiger partial charge is 0.342 e. The smallest absolute Gasteiger partial charge is 0.248 e. The van der Waals surface area contributed by atoms with E-state index in [9.17, 15) is 9.59 Å². The van der Waals surface area contributed by atoms with Crippen molar-refractivity contribution in [3.8, 4) is 0 Å². The summed E-state index contributed by atoms with van der Waals surface area (Å²) in [5, 5.41) is 3.02. The summed E-state index contributed by atoms with van der Waals surface area (Å²) in [4.78, 5) is 26.6. The van der Waals surface area contributed by atoms with Gasteiger partial charge in [0.1, 0.15) is 5.54 Å². The van der Waals surface area contributed by atoms with E-state index in [1.807, 2.05) is 25.7 Å². The Hall–Kier alpha value is -1.06. The van der Waals surface area contributed by atoms with Gasteiger partial charge in [-0.3, -0.25) is 9.59 Å². The van der Waals surface area contributed by atoms with Crippen LogP contribution in [0.4, 0.5) is 0 Å². The van der Waals surface area contributed by atoms with E-state index in [0.29, 0.717) is 13.0 Å². The predicted octanol–water partition coefficient (Wildman–Crippen LogP) is 1.84. The molecule has 1 N–H and O–H groups in total. The molecule has 0 bridgehead atoms. The van der Waals surface area contributed by atoms with Gasteiger partial charge in [-0.05, 0) is 33.6 Å². The highest BCUT2D eigenvalue weighted by Gasteiger charge is 2.47. The predicted molar refractivity (Wildman–Crippen MR) is 70.0 cm³/mol. The average Bonchev–Trinajstić information content (AvgIpc) is 2.38. The number of rotatable bonds is 0. The summed E-state index contributed by atoms with van der Waals surface area (Å²) in [5.41, 5.74) is -0.826. The van der Waals surface area contributed by atoms with Crippen LogP contribution in [0.2, 0.25) is 0 Å². The molecule has 1 spiro atoms. The van der Waals surface area contributed by atoms with Crippen LogP contribution in [0.25, 0.3) is 0 Å². The van der Waals surface area contributed by atoms with Crippen LogP contribution >= 0.6 is 0 Å². The molecule has 0 aromatic rings. The van der Waals surface area contributed by atoms with Crippen molar-refractivity contribution in [2.24, 2.45) is 0 Å². The van der Waals surface area contributed by atoms with Gasteiger partial charge in [-0.2, -0.15) is 0 Å². The number of hydrogen-bond donors (Lipinski definition) is 1. The Morgan fingerprint density at radius 1 is 1.11 bits per heavy atom. The maximum absolute atomic E-state index is 12.8. The molecule has 18 heavy (non-hydrogen) atoms. The minimum Gasteiger partial charge on any atom is -0.342 e. The van der Waals surface area contributed by atoms with Crippen LogP contribution in [-0.2, 0) is 9.59 Å². The molecule has 2 amide bonds. The molecule has 0 radical (unpaired) electrons. The maximum Gasteiger partial charge on any atom is 0.248 e. The van der Waals surface area contributed by atoms with E-state index in [0.717, 1.165) is 25.7 Å². The first kappa shape index (κ1) is 13.4. The molecule has 1 aliphatic carbocycles. The third-order valence-electron chi connectivity index (χ3n) is 4.11. The molecule has 4 heteroatoms. The molecule has 1 aliphatic heterocycles. The van der Waals surface area contributed by atoms with Crippen LogP contribution < -0.4 is 5.32 Å². The summed E-state index contributed by atoms with van der Waals surface area (Å²) < 4.78 is 0. The minimum absolute atomic E-state index is 0.0250. The topological polar surface area (TPSA) is 49.4 Å². The fourth-order valence-corrected chi connectivity index (χ4v) is 3.09. The van der Waals surface area contributed by atoms with Crippen molar-refractivity contribution in [1.82, 2.24) is 10.2 Å². The summed E-state index contributed by atoms with van der Waals surface area (Å²) >= 11 is 0. The van der Waals surface area contributed by atoms with Gasteiger partial charge in [0.15, 0.2) is 0 Å². The van der Waals surface area contributed by atoms with Gasteiger partial charge in [0.25, 0.3) is 0 Å². The quantitative estimate of drug-likeness (QED) is 0.715. The van der Waals surface area contributed by atoms with Gasteiger partial charge in [-0.15, -0.1) is 0 Å². The minimum atomic E-state index is -0.612. The van der Waals surface area contributed by atoms with Crippen molar-refractivity contribution >= 4 is 11.8 Å². The average molecular weight is 252 g/mol. The molecule has 1 saturated heterocycles. The van der Waals surface area contributed by atoms with Crippen molar-refractivity contribution in [3.63, 3.8) is 0 Å². The third-order valence-corrected chi connectivity index (χ3v) is 4.11. The van der Waals surface area contributed by atoms with Crippen LogP contribution in [0, 0.1) is 0 Å². The zero-order chi connectivity index (χ0) is 13.4. The molecule has 2 aliphatic rings. The molecular weight excluding hydrogens is 228 g/mol. The van der Waals surface area contributed by atoms with Crippen LogP contribution in [0.5, 0.6) is 0 Å². The molecule has 0 aromatic carbocycles. The first-order valence-corrected chi connectivity index (χ1v) is 6.98. The molecule has 1 heterocycles. The highest BCUT2D eigenvalue weighted by Crippen LogP contribution is 2.33. The van der Waals surface area contributed by atoms with Crippen LogP contribution in [-0.4, -0.2) is 34.3 Å². The Morgan fingerprint density at radius 2 is 1.72 bits per heavy atom. The lowest BCUT2D eigenvalue weighted by Crippen LogP contribution is -2.61. The van der Waals surface area contributed by atoms with E-state index in [2.05, 4.69) is 5.32 Å². The van der Waals surface area contributed by atoms with Crippen molar-refractivity contribution in [1.29, 1.82) is 0 Å². The van der Waals surface area contributed by atoms with Gasteiger partial charge in [0, 0.05) is 18.5 Å².